The zero-order valence-corrected chi connectivity index (χ0v) is 14.7. The van der Waals surface area contributed by atoms with Crippen LogP contribution in [0.5, 0.6) is 0 Å². The van der Waals surface area contributed by atoms with Crippen molar-refractivity contribution in [3.8, 4) is 0 Å². The summed E-state index contributed by atoms with van der Waals surface area (Å²) in [5.41, 5.74) is 1.45. The monoisotopic (exact) mass is 308 g/mol. The fourth-order valence-corrected chi connectivity index (χ4v) is 2.56. The molecule has 0 spiro atoms. The van der Waals surface area contributed by atoms with E-state index >= 15 is 0 Å². The Bertz CT molecular complexity index is 435. The second-order valence-corrected chi connectivity index (χ2v) is 7.66. The molecule has 0 aliphatic rings. The van der Waals surface area contributed by atoms with Crippen molar-refractivity contribution in [2.75, 3.05) is 19.8 Å². The van der Waals surface area contributed by atoms with Crippen LogP contribution in [0.15, 0.2) is 29.2 Å². The number of carbonyl (C=O) groups excluding carboxylic acids is 1. The maximum atomic E-state index is 11.5. The first-order valence-corrected chi connectivity index (χ1v) is 8.43. The van der Waals surface area contributed by atoms with E-state index in [0.29, 0.717) is 6.42 Å². The Kier molecular flexibility index (Phi) is 7.26. The van der Waals surface area contributed by atoms with Crippen LogP contribution in [0.1, 0.15) is 39.2 Å². The van der Waals surface area contributed by atoms with Crippen LogP contribution in [0.2, 0.25) is 0 Å². The quantitative estimate of drug-likeness (QED) is 0.618. The molecule has 0 aliphatic heterocycles. The Morgan fingerprint density at radius 2 is 1.81 bits per heavy atom. The molecule has 0 saturated carbocycles. The van der Waals surface area contributed by atoms with Crippen LogP contribution in [-0.2, 0) is 11.3 Å². The smallest absolute Gasteiger partial charge is 0.222 e. The molecule has 1 aromatic carbocycles. The lowest BCUT2D eigenvalue weighted by atomic mass is 10.1. The summed E-state index contributed by atoms with van der Waals surface area (Å²) in [5, 5.41) is 3.48. The van der Waals surface area contributed by atoms with Crippen molar-refractivity contribution in [2.24, 2.45) is 0 Å². The zero-order valence-electron chi connectivity index (χ0n) is 13.9. The first kappa shape index (κ1) is 18.1. The van der Waals surface area contributed by atoms with Gasteiger partial charge in [-0.3, -0.25) is 4.79 Å². The molecule has 0 saturated heterocycles. The zero-order chi connectivity index (χ0) is 15.9. The van der Waals surface area contributed by atoms with Crippen LogP contribution in [0.3, 0.4) is 0 Å². The van der Waals surface area contributed by atoms with E-state index in [1.807, 2.05) is 11.8 Å². The van der Waals surface area contributed by atoms with Gasteiger partial charge in [-0.25, -0.2) is 0 Å². The minimum atomic E-state index is 0.145. The van der Waals surface area contributed by atoms with Crippen LogP contribution in [0, 0.1) is 0 Å². The van der Waals surface area contributed by atoms with Crippen LogP contribution in [0.4, 0.5) is 0 Å². The maximum absolute atomic E-state index is 11.5. The van der Waals surface area contributed by atoms with E-state index in [0.717, 1.165) is 18.7 Å². The Morgan fingerprint density at radius 1 is 1.19 bits per heavy atom. The Balaban J connectivity index is 2.30. The van der Waals surface area contributed by atoms with E-state index < -0.39 is 0 Å². The van der Waals surface area contributed by atoms with E-state index in [-0.39, 0.29) is 11.4 Å². The molecule has 3 nitrogen and oxygen atoms in total. The van der Waals surface area contributed by atoms with E-state index in [4.69, 9.17) is 0 Å². The second-order valence-electron chi connectivity index (χ2n) is 6.49. The Hall–Kier alpha value is -1.00. The molecule has 0 aromatic heterocycles. The molecule has 1 amide bonds. The van der Waals surface area contributed by atoms with Gasteiger partial charge in [-0.05, 0) is 50.6 Å². The molecule has 0 fully saturated rings. The largest absolute Gasteiger partial charge is 0.349 e. The molecule has 1 rings (SSSR count). The SMILES string of the molecule is CN(C)C(=O)CCCSc1ccc(CNC(C)(C)C)cc1. The van der Waals surface area contributed by atoms with Crippen molar-refractivity contribution in [1.29, 1.82) is 0 Å². The number of hydrogen-bond donors (Lipinski definition) is 1. The molecule has 4 heteroatoms. The first-order chi connectivity index (χ1) is 9.78. The minimum absolute atomic E-state index is 0.145. The Morgan fingerprint density at radius 3 is 2.33 bits per heavy atom. The van der Waals surface area contributed by atoms with Crippen LogP contribution < -0.4 is 5.32 Å². The summed E-state index contributed by atoms with van der Waals surface area (Å²) in [6.45, 7) is 7.41. The predicted octanol–water partition coefficient (Wildman–Crippen LogP) is 3.54. The van der Waals surface area contributed by atoms with Gasteiger partial charge in [0.2, 0.25) is 5.91 Å². The summed E-state index contributed by atoms with van der Waals surface area (Å²) in [4.78, 5) is 14.4. The van der Waals surface area contributed by atoms with Crippen LogP contribution >= 0.6 is 11.8 Å². The number of rotatable bonds is 7. The molecular weight excluding hydrogens is 280 g/mol. The van der Waals surface area contributed by atoms with Crippen LogP contribution in [-0.4, -0.2) is 36.2 Å². The van der Waals surface area contributed by atoms with E-state index in [1.54, 1.807) is 19.0 Å². The highest BCUT2D eigenvalue weighted by Crippen LogP contribution is 2.20. The van der Waals surface area contributed by atoms with E-state index in [2.05, 4.69) is 50.4 Å². The van der Waals surface area contributed by atoms with Gasteiger partial charge in [0, 0.05) is 37.5 Å². The molecule has 118 valence electrons. The third kappa shape index (κ3) is 8.12. The van der Waals surface area contributed by atoms with Crippen molar-refractivity contribution in [2.45, 2.75) is 50.6 Å². The lowest BCUT2D eigenvalue weighted by molar-refractivity contribution is -0.128. The summed E-state index contributed by atoms with van der Waals surface area (Å²) in [6, 6.07) is 8.67. The van der Waals surface area contributed by atoms with Gasteiger partial charge in [0.25, 0.3) is 0 Å². The fraction of sp³-hybridized carbons (Fsp3) is 0.588. The maximum Gasteiger partial charge on any atom is 0.222 e. The molecule has 0 unspecified atom stereocenters. The van der Waals surface area contributed by atoms with Crippen molar-refractivity contribution < 1.29 is 4.79 Å². The molecule has 0 radical (unpaired) electrons. The highest BCUT2D eigenvalue weighted by atomic mass is 32.2. The lowest BCUT2D eigenvalue weighted by Crippen LogP contribution is -2.35. The normalized spacial score (nSPS) is 11.5. The third-order valence-corrected chi connectivity index (χ3v) is 4.15. The van der Waals surface area contributed by atoms with Gasteiger partial charge in [-0.2, -0.15) is 0 Å². The summed E-state index contributed by atoms with van der Waals surface area (Å²) >= 11 is 1.82. The number of benzene rings is 1. The van der Waals surface area contributed by atoms with Crippen molar-refractivity contribution in [1.82, 2.24) is 10.2 Å². The first-order valence-electron chi connectivity index (χ1n) is 7.45. The van der Waals surface area contributed by atoms with Gasteiger partial charge in [-0.1, -0.05) is 12.1 Å². The van der Waals surface area contributed by atoms with E-state index in [9.17, 15) is 4.79 Å². The number of hydrogen-bond acceptors (Lipinski definition) is 3. The van der Waals surface area contributed by atoms with Crippen molar-refractivity contribution in [3.05, 3.63) is 29.8 Å². The standard InChI is InChI=1S/C17H28N2OS/c1-17(2,3)18-13-14-8-10-15(11-9-14)21-12-6-7-16(20)19(4)5/h8-11,18H,6-7,12-13H2,1-5H3. The number of carbonyl (C=O) groups is 1. The number of thioether (sulfide) groups is 1. The molecule has 1 N–H and O–H groups in total. The lowest BCUT2D eigenvalue weighted by Gasteiger charge is -2.20. The summed E-state index contributed by atoms with van der Waals surface area (Å²) in [7, 11) is 3.61. The predicted molar refractivity (Wildman–Crippen MR) is 91.7 cm³/mol. The molecule has 1 aromatic rings. The summed E-state index contributed by atoms with van der Waals surface area (Å²) in [5.74, 6) is 1.19. The molecular formula is C17H28N2OS. The molecule has 0 aliphatic carbocycles. The second kappa shape index (κ2) is 8.44. The highest BCUT2D eigenvalue weighted by molar-refractivity contribution is 7.99. The molecule has 21 heavy (non-hydrogen) atoms. The fourth-order valence-electron chi connectivity index (χ4n) is 1.71. The van der Waals surface area contributed by atoms with Gasteiger partial charge in [0.05, 0.1) is 0 Å². The average molecular weight is 308 g/mol. The van der Waals surface area contributed by atoms with Gasteiger partial charge in [0.15, 0.2) is 0 Å². The highest BCUT2D eigenvalue weighted by Gasteiger charge is 2.08. The van der Waals surface area contributed by atoms with Gasteiger partial charge in [0.1, 0.15) is 0 Å². The van der Waals surface area contributed by atoms with Gasteiger partial charge < -0.3 is 10.2 Å². The molecule has 0 heterocycles. The number of nitrogens with one attached hydrogen (secondary N) is 1. The topological polar surface area (TPSA) is 32.3 Å². The van der Waals surface area contributed by atoms with Crippen LogP contribution in [0.25, 0.3) is 0 Å². The number of nitrogens with zero attached hydrogens (tertiary/aromatic N) is 1. The van der Waals surface area contributed by atoms with Crippen molar-refractivity contribution >= 4 is 17.7 Å². The summed E-state index contributed by atoms with van der Waals surface area (Å²) < 4.78 is 0. The average Bonchev–Trinajstić information content (AvgIpc) is 2.41. The van der Waals surface area contributed by atoms with Gasteiger partial charge >= 0.3 is 0 Å². The summed E-state index contributed by atoms with van der Waals surface area (Å²) in [6.07, 6.45) is 1.56. The van der Waals surface area contributed by atoms with Gasteiger partial charge in [-0.15, -0.1) is 11.8 Å². The molecule has 0 bridgehead atoms. The number of amides is 1. The van der Waals surface area contributed by atoms with Crippen molar-refractivity contribution in [3.63, 3.8) is 0 Å². The third-order valence-electron chi connectivity index (χ3n) is 3.05. The minimum Gasteiger partial charge on any atom is -0.349 e. The van der Waals surface area contributed by atoms with E-state index in [1.165, 1.54) is 10.5 Å². The molecule has 0 atom stereocenters. The Labute approximate surface area is 133 Å².